The number of hydrogen-bond donors (Lipinski definition) is 1. The standard InChI is InChI=1S/C15H24N2O.ClH/c1-10-6-7-14(11(2)8-10)13(4)17(5)15(18)12(3)9-16;/h6-8,12-13H,9,16H2,1-5H3;1H. The molecule has 0 heterocycles. The molecule has 0 aliphatic carbocycles. The summed E-state index contributed by atoms with van der Waals surface area (Å²) in [6.07, 6.45) is 0. The largest absolute Gasteiger partial charge is 0.339 e. The molecule has 2 N–H and O–H groups in total. The Morgan fingerprint density at radius 2 is 1.89 bits per heavy atom. The van der Waals surface area contributed by atoms with Crippen LogP contribution in [0.15, 0.2) is 18.2 Å². The number of hydrogen-bond acceptors (Lipinski definition) is 2. The molecule has 1 aromatic rings. The van der Waals surface area contributed by atoms with E-state index in [4.69, 9.17) is 5.73 Å². The lowest BCUT2D eigenvalue weighted by atomic mass is 9.98. The molecule has 0 saturated carbocycles. The molecular formula is C15H25ClN2O. The van der Waals surface area contributed by atoms with Gasteiger partial charge in [0.1, 0.15) is 0 Å². The maximum absolute atomic E-state index is 12.1. The zero-order chi connectivity index (χ0) is 13.9. The van der Waals surface area contributed by atoms with Gasteiger partial charge in [0.2, 0.25) is 5.91 Å². The Hall–Kier alpha value is -1.06. The van der Waals surface area contributed by atoms with Gasteiger partial charge in [-0.3, -0.25) is 4.79 Å². The Labute approximate surface area is 122 Å². The summed E-state index contributed by atoms with van der Waals surface area (Å²) < 4.78 is 0. The van der Waals surface area contributed by atoms with Gasteiger partial charge in [0.25, 0.3) is 0 Å². The Kier molecular flexibility index (Phi) is 7.09. The number of halogens is 1. The molecule has 0 bridgehead atoms. The second kappa shape index (κ2) is 7.51. The quantitative estimate of drug-likeness (QED) is 0.924. The third-order valence-corrected chi connectivity index (χ3v) is 3.58. The minimum Gasteiger partial charge on any atom is -0.339 e. The zero-order valence-corrected chi connectivity index (χ0v) is 13.3. The summed E-state index contributed by atoms with van der Waals surface area (Å²) >= 11 is 0. The van der Waals surface area contributed by atoms with Crippen molar-refractivity contribution in [3.05, 3.63) is 34.9 Å². The van der Waals surface area contributed by atoms with Crippen molar-refractivity contribution in [3.8, 4) is 0 Å². The monoisotopic (exact) mass is 284 g/mol. The summed E-state index contributed by atoms with van der Waals surface area (Å²) in [5, 5.41) is 0. The third kappa shape index (κ3) is 4.22. The third-order valence-electron chi connectivity index (χ3n) is 3.58. The number of nitrogens with zero attached hydrogens (tertiary/aromatic N) is 1. The molecular weight excluding hydrogens is 260 g/mol. The fourth-order valence-corrected chi connectivity index (χ4v) is 2.14. The number of amides is 1. The normalized spacial score (nSPS) is 13.4. The van der Waals surface area contributed by atoms with E-state index in [1.807, 2.05) is 14.0 Å². The molecule has 1 aromatic carbocycles. The SMILES string of the molecule is Cc1ccc(C(C)N(C)C(=O)C(C)CN)c(C)c1.Cl. The predicted octanol–water partition coefficient (Wildman–Crippen LogP) is 2.84. The second-order valence-electron chi connectivity index (χ2n) is 5.12. The molecule has 4 heteroatoms. The smallest absolute Gasteiger partial charge is 0.226 e. The first kappa shape index (κ1) is 17.9. The lowest BCUT2D eigenvalue weighted by Gasteiger charge is -2.28. The van der Waals surface area contributed by atoms with Crippen LogP contribution < -0.4 is 5.73 Å². The molecule has 1 amide bonds. The highest BCUT2D eigenvalue weighted by molar-refractivity contribution is 5.85. The minimum atomic E-state index is -0.122. The molecule has 0 aromatic heterocycles. The van der Waals surface area contributed by atoms with Crippen LogP contribution >= 0.6 is 12.4 Å². The lowest BCUT2D eigenvalue weighted by Crippen LogP contribution is -2.36. The van der Waals surface area contributed by atoms with E-state index in [0.717, 1.165) is 0 Å². The number of benzene rings is 1. The molecule has 1 rings (SSSR count). The van der Waals surface area contributed by atoms with E-state index < -0.39 is 0 Å². The molecule has 19 heavy (non-hydrogen) atoms. The van der Waals surface area contributed by atoms with E-state index in [1.165, 1.54) is 16.7 Å². The second-order valence-corrected chi connectivity index (χ2v) is 5.12. The van der Waals surface area contributed by atoms with Crippen molar-refractivity contribution in [1.82, 2.24) is 4.90 Å². The van der Waals surface area contributed by atoms with Crippen LogP contribution in [0, 0.1) is 19.8 Å². The van der Waals surface area contributed by atoms with Gasteiger partial charge < -0.3 is 10.6 Å². The molecule has 108 valence electrons. The van der Waals surface area contributed by atoms with E-state index in [9.17, 15) is 4.79 Å². The van der Waals surface area contributed by atoms with Gasteiger partial charge in [-0.15, -0.1) is 12.4 Å². The summed E-state index contributed by atoms with van der Waals surface area (Å²) in [6.45, 7) is 8.48. The van der Waals surface area contributed by atoms with Crippen molar-refractivity contribution < 1.29 is 4.79 Å². The molecule has 0 aliphatic rings. The lowest BCUT2D eigenvalue weighted by molar-refractivity contribution is -0.135. The first-order chi connectivity index (χ1) is 8.38. The average Bonchev–Trinajstić information content (AvgIpc) is 2.35. The van der Waals surface area contributed by atoms with Crippen molar-refractivity contribution >= 4 is 18.3 Å². The summed E-state index contributed by atoms with van der Waals surface area (Å²) in [5.41, 5.74) is 9.21. The molecule has 0 aliphatic heterocycles. The fourth-order valence-electron chi connectivity index (χ4n) is 2.14. The van der Waals surface area contributed by atoms with E-state index in [2.05, 4.69) is 39.0 Å². The number of aryl methyl sites for hydroxylation is 2. The average molecular weight is 285 g/mol. The van der Waals surface area contributed by atoms with Crippen molar-refractivity contribution in [2.24, 2.45) is 11.7 Å². The van der Waals surface area contributed by atoms with Gasteiger partial charge in [-0.05, 0) is 31.9 Å². The first-order valence-electron chi connectivity index (χ1n) is 6.42. The first-order valence-corrected chi connectivity index (χ1v) is 6.42. The minimum absolute atomic E-state index is 0. The Balaban J connectivity index is 0.00000324. The van der Waals surface area contributed by atoms with Gasteiger partial charge in [-0.2, -0.15) is 0 Å². The summed E-state index contributed by atoms with van der Waals surface area (Å²) in [7, 11) is 1.85. The number of nitrogens with two attached hydrogens (primary N) is 1. The van der Waals surface area contributed by atoms with Crippen molar-refractivity contribution in [1.29, 1.82) is 0 Å². The van der Waals surface area contributed by atoms with Crippen LogP contribution in [0.4, 0.5) is 0 Å². The highest BCUT2D eigenvalue weighted by Gasteiger charge is 2.22. The van der Waals surface area contributed by atoms with Crippen molar-refractivity contribution in [2.75, 3.05) is 13.6 Å². The highest BCUT2D eigenvalue weighted by atomic mass is 35.5. The Morgan fingerprint density at radius 1 is 1.32 bits per heavy atom. The topological polar surface area (TPSA) is 46.3 Å². The van der Waals surface area contributed by atoms with Crippen LogP contribution in [0.2, 0.25) is 0 Å². The molecule has 3 nitrogen and oxygen atoms in total. The van der Waals surface area contributed by atoms with Gasteiger partial charge in [0.15, 0.2) is 0 Å². The summed E-state index contributed by atoms with van der Waals surface area (Å²) in [5.74, 6) is -0.0202. The van der Waals surface area contributed by atoms with Crippen LogP contribution in [0.5, 0.6) is 0 Å². The predicted molar refractivity (Wildman–Crippen MR) is 82.6 cm³/mol. The van der Waals surface area contributed by atoms with E-state index in [0.29, 0.717) is 6.54 Å². The van der Waals surface area contributed by atoms with Crippen LogP contribution in [0.1, 0.15) is 36.6 Å². The fraction of sp³-hybridized carbons (Fsp3) is 0.533. The van der Waals surface area contributed by atoms with Crippen molar-refractivity contribution in [3.63, 3.8) is 0 Å². The van der Waals surface area contributed by atoms with Gasteiger partial charge in [0, 0.05) is 19.5 Å². The Morgan fingerprint density at radius 3 is 2.37 bits per heavy atom. The Bertz CT molecular complexity index is 434. The van der Waals surface area contributed by atoms with Crippen LogP contribution in [-0.4, -0.2) is 24.4 Å². The van der Waals surface area contributed by atoms with Gasteiger partial charge in [-0.1, -0.05) is 30.7 Å². The number of carbonyl (C=O) groups is 1. The summed E-state index contributed by atoms with van der Waals surface area (Å²) in [6, 6.07) is 6.42. The highest BCUT2D eigenvalue weighted by Crippen LogP contribution is 2.24. The molecule has 0 fully saturated rings. The summed E-state index contributed by atoms with van der Waals surface area (Å²) in [4.78, 5) is 13.9. The van der Waals surface area contributed by atoms with Crippen LogP contribution in [0.25, 0.3) is 0 Å². The zero-order valence-electron chi connectivity index (χ0n) is 12.4. The molecule has 2 atom stereocenters. The van der Waals surface area contributed by atoms with Crippen molar-refractivity contribution in [2.45, 2.75) is 33.7 Å². The van der Waals surface area contributed by atoms with Gasteiger partial charge in [-0.25, -0.2) is 0 Å². The maximum atomic E-state index is 12.1. The molecule has 2 unspecified atom stereocenters. The van der Waals surface area contributed by atoms with Gasteiger partial charge >= 0.3 is 0 Å². The number of carbonyl (C=O) groups excluding carboxylic acids is 1. The molecule has 0 radical (unpaired) electrons. The molecule has 0 saturated heterocycles. The maximum Gasteiger partial charge on any atom is 0.226 e. The van der Waals surface area contributed by atoms with Crippen LogP contribution in [-0.2, 0) is 4.79 Å². The van der Waals surface area contributed by atoms with E-state index >= 15 is 0 Å². The van der Waals surface area contributed by atoms with Gasteiger partial charge in [0.05, 0.1) is 6.04 Å². The number of rotatable bonds is 4. The van der Waals surface area contributed by atoms with E-state index in [1.54, 1.807) is 4.90 Å². The van der Waals surface area contributed by atoms with Crippen LogP contribution in [0.3, 0.4) is 0 Å². The van der Waals surface area contributed by atoms with E-state index in [-0.39, 0.29) is 30.3 Å². The molecule has 0 spiro atoms.